The fraction of sp³-hybridized carbons (Fsp3) is 0.152. The molecule has 6 nitrogen and oxygen atoms in total. The van der Waals surface area contributed by atoms with Gasteiger partial charge in [0.25, 0.3) is 0 Å². The van der Waals surface area contributed by atoms with E-state index >= 15 is 0 Å². The van der Waals surface area contributed by atoms with Crippen LogP contribution in [0.4, 0.5) is 5.69 Å². The SMILES string of the molecule is CN1C(=O)[C@@H](NC(c2ccccc2)(c2ccccc2)c2ccccc2)COc2ccc(-c3ccnn3C)cc21. The minimum Gasteiger partial charge on any atom is -0.489 e. The molecule has 0 spiro atoms. The van der Waals surface area contributed by atoms with Crippen LogP contribution in [-0.4, -0.2) is 35.4 Å². The van der Waals surface area contributed by atoms with E-state index < -0.39 is 11.6 Å². The Morgan fingerprint density at radius 3 is 1.87 bits per heavy atom. The standard InChI is InChI=1S/C33H30N4O2/c1-36-30-22-24(29-20-21-34-37(29)2)18-19-31(30)39-23-28(32(36)38)35-33(25-12-6-3-7-13-25,26-14-8-4-9-15-26)27-16-10-5-11-17-27/h3-22,28,35H,23H2,1-2H3/t28-/m0/s1. The highest BCUT2D eigenvalue weighted by Crippen LogP contribution is 2.39. The highest BCUT2D eigenvalue weighted by molar-refractivity contribution is 5.99. The first-order valence-electron chi connectivity index (χ1n) is 13.0. The zero-order valence-corrected chi connectivity index (χ0v) is 22.0. The number of likely N-dealkylation sites (N-methyl/N-ethyl adjacent to an activating group) is 1. The van der Waals surface area contributed by atoms with E-state index in [4.69, 9.17) is 4.74 Å². The Morgan fingerprint density at radius 1 is 0.795 bits per heavy atom. The zero-order chi connectivity index (χ0) is 26.8. The van der Waals surface area contributed by atoms with Crippen LogP contribution in [0.15, 0.2) is 121 Å². The maximum atomic E-state index is 14.1. The fourth-order valence-corrected chi connectivity index (χ4v) is 5.49. The third-order valence-corrected chi connectivity index (χ3v) is 7.48. The molecule has 1 aromatic heterocycles. The predicted molar refractivity (Wildman–Crippen MR) is 154 cm³/mol. The number of aryl methyl sites for hydroxylation is 1. The topological polar surface area (TPSA) is 59.4 Å². The van der Waals surface area contributed by atoms with E-state index in [1.165, 1.54) is 0 Å². The summed E-state index contributed by atoms with van der Waals surface area (Å²) in [5.41, 5.74) is 5.00. The van der Waals surface area contributed by atoms with Crippen molar-refractivity contribution in [2.45, 2.75) is 11.6 Å². The monoisotopic (exact) mass is 514 g/mol. The Morgan fingerprint density at radius 2 is 1.36 bits per heavy atom. The average molecular weight is 515 g/mol. The molecule has 1 N–H and O–H groups in total. The highest BCUT2D eigenvalue weighted by atomic mass is 16.5. The molecule has 1 atom stereocenters. The molecule has 5 aromatic rings. The van der Waals surface area contributed by atoms with Crippen LogP contribution >= 0.6 is 0 Å². The lowest BCUT2D eigenvalue weighted by atomic mass is 9.76. The zero-order valence-electron chi connectivity index (χ0n) is 22.0. The van der Waals surface area contributed by atoms with E-state index in [9.17, 15) is 4.79 Å². The molecule has 1 aliphatic heterocycles. The summed E-state index contributed by atoms with van der Waals surface area (Å²) >= 11 is 0. The van der Waals surface area contributed by atoms with E-state index in [1.807, 2.05) is 97.6 Å². The molecule has 194 valence electrons. The molecule has 0 saturated carbocycles. The molecule has 2 heterocycles. The van der Waals surface area contributed by atoms with Crippen LogP contribution in [0.5, 0.6) is 5.75 Å². The van der Waals surface area contributed by atoms with Crippen molar-refractivity contribution >= 4 is 11.6 Å². The smallest absolute Gasteiger partial charge is 0.247 e. The minimum atomic E-state index is -0.787. The summed E-state index contributed by atoms with van der Waals surface area (Å²) < 4.78 is 8.13. The molecule has 0 fully saturated rings. The summed E-state index contributed by atoms with van der Waals surface area (Å²) in [4.78, 5) is 15.8. The highest BCUT2D eigenvalue weighted by Gasteiger charge is 2.42. The third-order valence-electron chi connectivity index (χ3n) is 7.48. The quantitative estimate of drug-likeness (QED) is 0.309. The number of hydrogen-bond acceptors (Lipinski definition) is 4. The van der Waals surface area contributed by atoms with Crippen LogP contribution in [0, 0.1) is 0 Å². The molecular weight excluding hydrogens is 484 g/mol. The molecule has 0 radical (unpaired) electrons. The number of hydrogen-bond donors (Lipinski definition) is 1. The molecular formula is C33H30N4O2. The van der Waals surface area contributed by atoms with Crippen LogP contribution in [0.25, 0.3) is 11.3 Å². The summed E-state index contributed by atoms with van der Waals surface area (Å²) in [5, 5.41) is 8.09. The van der Waals surface area contributed by atoms with Gasteiger partial charge in [-0.3, -0.25) is 14.8 Å². The number of aromatic nitrogens is 2. The summed E-state index contributed by atoms with van der Waals surface area (Å²) in [6, 6.07) is 38.1. The van der Waals surface area contributed by atoms with E-state index in [1.54, 1.807) is 11.1 Å². The Bertz CT molecular complexity index is 1490. The Hall–Kier alpha value is -4.68. The molecule has 39 heavy (non-hydrogen) atoms. The molecule has 0 bridgehead atoms. The summed E-state index contributed by atoms with van der Waals surface area (Å²) in [6.45, 7) is 0.190. The number of rotatable bonds is 6. The second-order valence-electron chi connectivity index (χ2n) is 9.78. The second kappa shape index (κ2) is 10.2. The first-order valence-corrected chi connectivity index (χ1v) is 13.0. The van der Waals surface area contributed by atoms with Crippen molar-refractivity contribution in [2.75, 3.05) is 18.6 Å². The van der Waals surface area contributed by atoms with E-state index in [0.717, 1.165) is 33.6 Å². The summed E-state index contributed by atoms with van der Waals surface area (Å²) in [6.07, 6.45) is 1.77. The minimum absolute atomic E-state index is 0.0666. The Kier molecular flexibility index (Phi) is 6.47. The van der Waals surface area contributed by atoms with E-state index in [0.29, 0.717) is 5.75 Å². The normalized spacial score (nSPS) is 15.4. The van der Waals surface area contributed by atoms with Gasteiger partial charge < -0.3 is 9.64 Å². The number of anilines is 1. The third kappa shape index (κ3) is 4.39. The lowest BCUT2D eigenvalue weighted by molar-refractivity contribution is -0.121. The van der Waals surface area contributed by atoms with Crippen LogP contribution in [-0.2, 0) is 17.4 Å². The maximum absolute atomic E-state index is 14.1. The van der Waals surface area contributed by atoms with Gasteiger partial charge in [-0.2, -0.15) is 5.10 Å². The number of carbonyl (C=O) groups excluding carboxylic acids is 1. The first kappa shape index (κ1) is 24.6. The number of nitrogens with zero attached hydrogens (tertiary/aromatic N) is 3. The van der Waals surface area contributed by atoms with Crippen LogP contribution < -0.4 is 15.0 Å². The van der Waals surface area contributed by atoms with Gasteiger partial charge in [0.1, 0.15) is 18.4 Å². The largest absolute Gasteiger partial charge is 0.489 e. The predicted octanol–water partition coefficient (Wildman–Crippen LogP) is 5.39. The van der Waals surface area contributed by atoms with Crippen molar-refractivity contribution in [3.63, 3.8) is 0 Å². The van der Waals surface area contributed by atoms with Gasteiger partial charge in [-0.05, 0) is 41.0 Å². The van der Waals surface area contributed by atoms with Crippen LogP contribution in [0.1, 0.15) is 16.7 Å². The van der Waals surface area contributed by atoms with Crippen molar-refractivity contribution < 1.29 is 9.53 Å². The number of ether oxygens (including phenoxy) is 1. The van der Waals surface area contributed by atoms with E-state index in [-0.39, 0.29) is 12.5 Å². The van der Waals surface area contributed by atoms with Crippen molar-refractivity contribution in [2.24, 2.45) is 7.05 Å². The van der Waals surface area contributed by atoms with Gasteiger partial charge in [0.2, 0.25) is 5.91 Å². The Labute approximate surface area is 228 Å². The van der Waals surface area contributed by atoms with Gasteiger partial charge in [-0.15, -0.1) is 0 Å². The van der Waals surface area contributed by atoms with Gasteiger partial charge in [-0.1, -0.05) is 91.0 Å². The Balaban J connectivity index is 1.44. The second-order valence-corrected chi connectivity index (χ2v) is 9.78. The lowest BCUT2D eigenvalue weighted by Gasteiger charge is -2.39. The average Bonchev–Trinajstić information content (AvgIpc) is 3.39. The van der Waals surface area contributed by atoms with Crippen molar-refractivity contribution in [3.05, 3.63) is 138 Å². The van der Waals surface area contributed by atoms with Gasteiger partial charge in [0.15, 0.2) is 0 Å². The first-order chi connectivity index (χ1) is 19.1. The molecule has 6 rings (SSSR count). The maximum Gasteiger partial charge on any atom is 0.247 e. The summed E-state index contributed by atoms with van der Waals surface area (Å²) in [5.74, 6) is 0.605. The molecule has 1 amide bonds. The van der Waals surface area contributed by atoms with Gasteiger partial charge in [0.05, 0.1) is 16.9 Å². The summed E-state index contributed by atoms with van der Waals surface area (Å²) in [7, 11) is 3.72. The van der Waals surface area contributed by atoms with Crippen LogP contribution in [0.3, 0.4) is 0 Å². The molecule has 0 saturated heterocycles. The van der Waals surface area contributed by atoms with Crippen molar-refractivity contribution in [3.8, 4) is 17.0 Å². The molecule has 0 aliphatic carbocycles. The number of benzene rings is 4. The van der Waals surface area contributed by atoms with Gasteiger partial charge in [0, 0.05) is 25.9 Å². The molecule has 0 unspecified atom stereocenters. The lowest BCUT2D eigenvalue weighted by Crippen LogP contribution is -2.56. The fourth-order valence-electron chi connectivity index (χ4n) is 5.49. The number of nitrogens with one attached hydrogen (secondary N) is 1. The molecule has 6 heteroatoms. The van der Waals surface area contributed by atoms with Crippen LogP contribution in [0.2, 0.25) is 0 Å². The molecule has 4 aromatic carbocycles. The number of fused-ring (bicyclic) bond motifs is 1. The van der Waals surface area contributed by atoms with Gasteiger partial charge >= 0.3 is 0 Å². The van der Waals surface area contributed by atoms with Gasteiger partial charge in [-0.25, -0.2) is 0 Å². The number of carbonyl (C=O) groups is 1. The van der Waals surface area contributed by atoms with Crippen molar-refractivity contribution in [1.82, 2.24) is 15.1 Å². The van der Waals surface area contributed by atoms with Crippen molar-refractivity contribution in [1.29, 1.82) is 0 Å². The molecule has 1 aliphatic rings. The van der Waals surface area contributed by atoms with E-state index in [2.05, 4.69) is 46.8 Å². The number of amides is 1.